The highest BCUT2D eigenvalue weighted by atomic mass is 16.5. The predicted molar refractivity (Wildman–Crippen MR) is 79.7 cm³/mol. The molecule has 21 heavy (non-hydrogen) atoms. The number of hydrogen-bond donors (Lipinski definition) is 0. The molecule has 1 aliphatic carbocycles. The monoisotopic (exact) mass is 282 g/mol. The Morgan fingerprint density at radius 2 is 1.95 bits per heavy atom. The van der Waals surface area contributed by atoms with Gasteiger partial charge in [0.15, 0.2) is 11.5 Å². The molecule has 4 heteroatoms. The van der Waals surface area contributed by atoms with Crippen LogP contribution in [0.2, 0.25) is 0 Å². The van der Waals surface area contributed by atoms with Gasteiger partial charge in [-0.15, -0.1) is 0 Å². The average Bonchev–Trinajstić information content (AvgIpc) is 3.00. The molecule has 0 saturated heterocycles. The van der Waals surface area contributed by atoms with Crippen molar-refractivity contribution in [3.8, 4) is 23.6 Å². The van der Waals surface area contributed by atoms with Crippen LogP contribution in [0.15, 0.2) is 23.8 Å². The quantitative estimate of drug-likeness (QED) is 0.770. The lowest BCUT2D eigenvalue weighted by Crippen LogP contribution is -2.11. The van der Waals surface area contributed by atoms with Crippen LogP contribution in [0, 0.1) is 22.7 Å². The predicted octanol–water partition coefficient (Wildman–Crippen LogP) is 3.84. The zero-order valence-corrected chi connectivity index (χ0v) is 12.1. The number of benzene rings is 1. The van der Waals surface area contributed by atoms with Crippen molar-refractivity contribution in [3.05, 3.63) is 29.3 Å². The Morgan fingerprint density at radius 3 is 2.57 bits per heavy atom. The standard InChI is InChI=1S/C17H18N2O2/c1-2-20-17-10-13(9-14(11-18)12-19)7-8-16(17)21-15-5-3-4-6-15/h7-10,15H,2-6H2,1H3. The largest absolute Gasteiger partial charge is 0.490 e. The summed E-state index contributed by atoms with van der Waals surface area (Å²) in [5.74, 6) is 1.39. The third-order valence-corrected chi connectivity index (χ3v) is 3.42. The molecule has 0 bridgehead atoms. The van der Waals surface area contributed by atoms with Crippen LogP contribution in [0.4, 0.5) is 0 Å². The molecular formula is C17H18N2O2. The van der Waals surface area contributed by atoms with E-state index in [0.29, 0.717) is 12.4 Å². The van der Waals surface area contributed by atoms with Crippen LogP contribution in [-0.4, -0.2) is 12.7 Å². The zero-order valence-electron chi connectivity index (χ0n) is 12.1. The summed E-state index contributed by atoms with van der Waals surface area (Å²) in [6.07, 6.45) is 6.40. The van der Waals surface area contributed by atoms with Crippen molar-refractivity contribution < 1.29 is 9.47 Å². The number of hydrogen-bond acceptors (Lipinski definition) is 4. The first kappa shape index (κ1) is 14.9. The summed E-state index contributed by atoms with van der Waals surface area (Å²) in [4.78, 5) is 0. The fourth-order valence-electron chi connectivity index (χ4n) is 2.42. The minimum absolute atomic E-state index is 0.0712. The highest BCUT2D eigenvalue weighted by Gasteiger charge is 2.18. The lowest BCUT2D eigenvalue weighted by Gasteiger charge is -2.17. The number of allylic oxidation sites excluding steroid dienone is 1. The van der Waals surface area contributed by atoms with Crippen LogP contribution in [0.3, 0.4) is 0 Å². The normalized spacial score (nSPS) is 14.0. The molecule has 0 aromatic heterocycles. The van der Waals surface area contributed by atoms with Crippen molar-refractivity contribution in [2.45, 2.75) is 38.7 Å². The lowest BCUT2D eigenvalue weighted by atomic mass is 10.1. The van der Waals surface area contributed by atoms with E-state index in [1.165, 1.54) is 12.8 Å². The average molecular weight is 282 g/mol. The van der Waals surface area contributed by atoms with Crippen molar-refractivity contribution in [3.63, 3.8) is 0 Å². The molecule has 1 fully saturated rings. The smallest absolute Gasteiger partial charge is 0.161 e. The van der Waals surface area contributed by atoms with Crippen LogP contribution in [0.5, 0.6) is 11.5 Å². The van der Waals surface area contributed by atoms with Gasteiger partial charge < -0.3 is 9.47 Å². The maximum atomic E-state index is 8.81. The van der Waals surface area contributed by atoms with Gasteiger partial charge in [0.1, 0.15) is 17.7 Å². The van der Waals surface area contributed by atoms with E-state index in [0.717, 1.165) is 24.2 Å². The van der Waals surface area contributed by atoms with Gasteiger partial charge in [0.05, 0.1) is 12.7 Å². The number of nitriles is 2. The molecule has 1 aromatic rings. The first-order valence-electron chi connectivity index (χ1n) is 7.22. The van der Waals surface area contributed by atoms with E-state index in [-0.39, 0.29) is 11.7 Å². The summed E-state index contributed by atoms with van der Waals surface area (Å²) in [7, 11) is 0. The molecule has 0 atom stereocenters. The molecule has 0 amide bonds. The first-order chi connectivity index (χ1) is 10.3. The van der Waals surface area contributed by atoms with Crippen molar-refractivity contribution in [1.82, 2.24) is 0 Å². The summed E-state index contributed by atoms with van der Waals surface area (Å²) in [6.45, 7) is 2.45. The second-order valence-electron chi connectivity index (χ2n) is 4.95. The summed E-state index contributed by atoms with van der Waals surface area (Å²) >= 11 is 0. The van der Waals surface area contributed by atoms with Gasteiger partial charge in [0.2, 0.25) is 0 Å². The van der Waals surface area contributed by atoms with Gasteiger partial charge in [-0.3, -0.25) is 0 Å². The molecule has 0 unspecified atom stereocenters. The number of rotatable bonds is 5. The van der Waals surface area contributed by atoms with Crippen molar-refractivity contribution >= 4 is 6.08 Å². The van der Waals surface area contributed by atoms with Gasteiger partial charge in [0, 0.05) is 0 Å². The topological polar surface area (TPSA) is 66.0 Å². The zero-order chi connectivity index (χ0) is 15.1. The van der Waals surface area contributed by atoms with Crippen molar-refractivity contribution in [2.75, 3.05) is 6.61 Å². The lowest BCUT2D eigenvalue weighted by molar-refractivity contribution is 0.197. The maximum Gasteiger partial charge on any atom is 0.161 e. The van der Waals surface area contributed by atoms with Gasteiger partial charge >= 0.3 is 0 Å². The summed E-state index contributed by atoms with van der Waals surface area (Å²) < 4.78 is 11.6. The fraction of sp³-hybridized carbons (Fsp3) is 0.412. The van der Waals surface area contributed by atoms with Crippen LogP contribution in [0.1, 0.15) is 38.2 Å². The Bertz CT molecular complexity index is 586. The van der Waals surface area contributed by atoms with Gasteiger partial charge in [-0.1, -0.05) is 6.07 Å². The van der Waals surface area contributed by atoms with E-state index in [2.05, 4.69) is 0 Å². The molecule has 0 aliphatic heterocycles. The molecule has 1 aromatic carbocycles. The van der Waals surface area contributed by atoms with Gasteiger partial charge in [-0.25, -0.2) is 0 Å². The van der Waals surface area contributed by atoms with E-state index < -0.39 is 0 Å². The maximum absolute atomic E-state index is 8.81. The molecular weight excluding hydrogens is 264 g/mol. The molecule has 0 spiro atoms. The fourth-order valence-corrected chi connectivity index (χ4v) is 2.42. The van der Waals surface area contributed by atoms with Crippen LogP contribution in [-0.2, 0) is 0 Å². The van der Waals surface area contributed by atoms with Gasteiger partial charge in [-0.05, 0) is 56.4 Å². The Kier molecular flexibility index (Phi) is 5.23. The Balaban J connectivity index is 2.24. The molecule has 0 N–H and O–H groups in total. The Labute approximate surface area is 125 Å². The number of ether oxygens (including phenoxy) is 2. The molecule has 0 heterocycles. The van der Waals surface area contributed by atoms with Gasteiger partial charge in [0.25, 0.3) is 0 Å². The highest BCUT2D eigenvalue weighted by Crippen LogP contribution is 2.33. The van der Waals surface area contributed by atoms with E-state index in [1.54, 1.807) is 6.08 Å². The third kappa shape index (κ3) is 4.00. The van der Waals surface area contributed by atoms with Crippen molar-refractivity contribution in [2.24, 2.45) is 0 Å². The SMILES string of the molecule is CCOc1cc(C=C(C#N)C#N)ccc1OC1CCCC1. The van der Waals surface area contributed by atoms with E-state index in [1.807, 2.05) is 37.3 Å². The molecule has 2 rings (SSSR count). The molecule has 0 radical (unpaired) electrons. The minimum Gasteiger partial charge on any atom is -0.490 e. The van der Waals surface area contributed by atoms with E-state index in [9.17, 15) is 0 Å². The van der Waals surface area contributed by atoms with E-state index in [4.69, 9.17) is 20.0 Å². The van der Waals surface area contributed by atoms with Gasteiger partial charge in [-0.2, -0.15) is 10.5 Å². The molecule has 1 saturated carbocycles. The minimum atomic E-state index is 0.0712. The Hall–Kier alpha value is -2.46. The summed E-state index contributed by atoms with van der Waals surface area (Å²) in [6, 6.07) is 9.20. The first-order valence-corrected chi connectivity index (χ1v) is 7.22. The third-order valence-electron chi connectivity index (χ3n) is 3.42. The van der Waals surface area contributed by atoms with E-state index >= 15 is 0 Å². The van der Waals surface area contributed by atoms with Crippen LogP contribution >= 0.6 is 0 Å². The second-order valence-corrected chi connectivity index (χ2v) is 4.95. The highest BCUT2D eigenvalue weighted by molar-refractivity contribution is 5.64. The second kappa shape index (κ2) is 7.36. The summed E-state index contributed by atoms with van der Waals surface area (Å²) in [5, 5.41) is 17.6. The summed E-state index contributed by atoms with van der Waals surface area (Å²) in [5.41, 5.74) is 0.831. The Morgan fingerprint density at radius 1 is 1.24 bits per heavy atom. The molecule has 1 aliphatic rings. The number of nitrogens with zero attached hydrogens (tertiary/aromatic N) is 2. The molecule has 108 valence electrons. The van der Waals surface area contributed by atoms with Crippen molar-refractivity contribution in [1.29, 1.82) is 10.5 Å². The van der Waals surface area contributed by atoms with Crippen LogP contribution in [0.25, 0.3) is 6.08 Å². The molecule has 4 nitrogen and oxygen atoms in total. The van der Waals surface area contributed by atoms with Crippen LogP contribution < -0.4 is 9.47 Å².